The van der Waals surface area contributed by atoms with E-state index in [9.17, 15) is 0 Å². The summed E-state index contributed by atoms with van der Waals surface area (Å²) in [5, 5.41) is 8.90. The van der Waals surface area contributed by atoms with Crippen LogP contribution in [0.4, 0.5) is 0 Å². The molecule has 1 N–H and O–H groups in total. The van der Waals surface area contributed by atoms with Crippen molar-refractivity contribution in [2.45, 2.75) is 12.8 Å². The molecule has 1 saturated heterocycles. The molecule has 0 atom stereocenters. The van der Waals surface area contributed by atoms with Gasteiger partial charge in [0.15, 0.2) is 0 Å². The highest BCUT2D eigenvalue weighted by molar-refractivity contribution is 5.11. The van der Waals surface area contributed by atoms with Crippen molar-refractivity contribution >= 4 is 0 Å². The maximum Gasteiger partial charge on any atom is 0.136 e. The maximum atomic E-state index is 8.90. The zero-order valence-corrected chi connectivity index (χ0v) is 8.60. The summed E-state index contributed by atoms with van der Waals surface area (Å²) < 4.78 is 5.52. The van der Waals surface area contributed by atoms with Crippen LogP contribution in [0.15, 0.2) is 16.5 Å². The molecule has 0 saturated carbocycles. The van der Waals surface area contributed by atoms with Crippen LogP contribution in [0.25, 0.3) is 0 Å². The van der Waals surface area contributed by atoms with E-state index < -0.39 is 0 Å². The smallest absolute Gasteiger partial charge is 0.136 e. The largest absolute Gasteiger partial charge is 0.461 e. The number of aliphatic hydroxyl groups excluding tert-OH is 1. The molecule has 2 heterocycles. The van der Waals surface area contributed by atoms with Crippen molar-refractivity contribution in [2.24, 2.45) is 0 Å². The molecule has 1 aromatic rings. The Balaban J connectivity index is 2.20. The summed E-state index contributed by atoms with van der Waals surface area (Å²) >= 11 is 0. The van der Waals surface area contributed by atoms with Gasteiger partial charge in [-0.05, 0) is 26.2 Å². The van der Waals surface area contributed by atoms with Crippen LogP contribution in [0.2, 0.25) is 0 Å². The quantitative estimate of drug-likeness (QED) is 0.754. The van der Waals surface area contributed by atoms with E-state index in [4.69, 9.17) is 9.52 Å². The Hall–Kier alpha value is -0.840. The normalized spacial score (nSPS) is 20.8. The van der Waals surface area contributed by atoms with Gasteiger partial charge in [0.1, 0.15) is 24.3 Å². The van der Waals surface area contributed by atoms with Gasteiger partial charge >= 0.3 is 0 Å². The van der Waals surface area contributed by atoms with Crippen LogP contribution in [0.1, 0.15) is 17.7 Å². The fraction of sp³-hybridized carbons (Fsp3) is 0.600. The molecule has 1 aliphatic heterocycles. The Kier molecular flexibility index (Phi) is 2.58. The predicted octanol–water partition coefficient (Wildman–Crippen LogP) is 0.648. The van der Waals surface area contributed by atoms with Crippen LogP contribution in [0.3, 0.4) is 0 Å². The second kappa shape index (κ2) is 3.73. The molecule has 78 valence electrons. The monoisotopic (exact) mass is 196 g/mol. The van der Waals surface area contributed by atoms with Gasteiger partial charge in [-0.25, -0.2) is 0 Å². The van der Waals surface area contributed by atoms with E-state index in [1.807, 2.05) is 12.1 Å². The molecule has 1 fully saturated rings. The van der Waals surface area contributed by atoms with Gasteiger partial charge in [0.2, 0.25) is 0 Å². The van der Waals surface area contributed by atoms with Crippen molar-refractivity contribution < 1.29 is 9.52 Å². The van der Waals surface area contributed by atoms with Gasteiger partial charge < -0.3 is 9.52 Å². The van der Waals surface area contributed by atoms with Crippen molar-refractivity contribution in [3.63, 3.8) is 0 Å². The van der Waals surface area contributed by atoms with E-state index in [2.05, 4.69) is 23.9 Å². The highest BCUT2D eigenvalue weighted by Crippen LogP contribution is 2.28. The van der Waals surface area contributed by atoms with Crippen LogP contribution in [0.5, 0.6) is 0 Å². The van der Waals surface area contributed by atoms with E-state index in [1.165, 1.54) is 0 Å². The van der Waals surface area contributed by atoms with Crippen LogP contribution in [0, 0.1) is 0 Å². The number of nitrogens with zero attached hydrogens (tertiary/aromatic N) is 2. The minimum atomic E-state index is -0.0276. The van der Waals surface area contributed by atoms with Gasteiger partial charge in [-0.3, -0.25) is 9.80 Å². The minimum absolute atomic E-state index is 0.0276. The van der Waals surface area contributed by atoms with Crippen LogP contribution in [-0.2, 0) is 6.61 Å². The fourth-order valence-corrected chi connectivity index (χ4v) is 1.95. The average Bonchev–Trinajstić information content (AvgIpc) is 2.73. The minimum Gasteiger partial charge on any atom is -0.461 e. The second-order valence-electron chi connectivity index (χ2n) is 3.80. The van der Waals surface area contributed by atoms with Gasteiger partial charge in [0, 0.05) is 13.1 Å². The van der Waals surface area contributed by atoms with Crippen molar-refractivity contribution in [3.05, 3.63) is 23.7 Å². The molecule has 0 aromatic carbocycles. The first kappa shape index (κ1) is 9.71. The number of furan rings is 1. The molecule has 1 aromatic heterocycles. The van der Waals surface area contributed by atoms with Gasteiger partial charge in [-0.15, -0.1) is 0 Å². The Morgan fingerprint density at radius 1 is 1.36 bits per heavy atom. The van der Waals surface area contributed by atoms with Gasteiger partial charge in [0.25, 0.3) is 0 Å². The lowest BCUT2D eigenvalue weighted by atomic mass is 10.3. The van der Waals surface area contributed by atoms with E-state index in [0.717, 1.165) is 18.8 Å². The third-order valence-corrected chi connectivity index (χ3v) is 2.73. The molecule has 0 radical (unpaired) electrons. The second-order valence-corrected chi connectivity index (χ2v) is 3.80. The molecule has 0 aliphatic carbocycles. The summed E-state index contributed by atoms with van der Waals surface area (Å²) in [4.78, 5) is 4.47. The molecular formula is C10H16N2O2. The lowest BCUT2D eigenvalue weighted by molar-refractivity contribution is 0.152. The Bertz CT molecular complexity index is 301. The van der Waals surface area contributed by atoms with Crippen molar-refractivity contribution in [1.29, 1.82) is 0 Å². The summed E-state index contributed by atoms with van der Waals surface area (Å²) in [7, 11) is 4.16. The SMILES string of the molecule is CN1CCN(C)C1c1ccc(CO)o1. The highest BCUT2D eigenvalue weighted by Gasteiger charge is 2.30. The topological polar surface area (TPSA) is 39.9 Å². The summed E-state index contributed by atoms with van der Waals surface area (Å²) in [5.41, 5.74) is 0. The number of aliphatic hydroxyl groups is 1. The molecule has 4 nitrogen and oxygen atoms in total. The lowest BCUT2D eigenvalue weighted by Gasteiger charge is -2.22. The molecule has 14 heavy (non-hydrogen) atoms. The highest BCUT2D eigenvalue weighted by atomic mass is 16.4. The number of rotatable bonds is 2. The van der Waals surface area contributed by atoms with Crippen molar-refractivity contribution in [3.8, 4) is 0 Å². The molecule has 4 heteroatoms. The first-order valence-electron chi connectivity index (χ1n) is 4.82. The van der Waals surface area contributed by atoms with Crippen molar-refractivity contribution in [1.82, 2.24) is 9.80 Å². The van der Waals surface area contributed by atoms with E-state index >= 15 is 0 Å². The Morgan fingerprint density at radius 3 is 2.50 bits per heavy atom. The number of hydrogen-bond donors (Lipinski definition) is 1. The molecule has 0 unspecified atom stereocenters. The van der Waals surface area contributed by atoms with Gasteiger partial charge in [-0.2, -0.15) is 0 Å². The average molecular weight is 196 g/mol. The molecule has 2 rings (SSSR count). The first-order valence-corrected chi connectivity index (χ1v) is 4.82. The summed E-state index contributed by atoms with van der Waals surface area (Å²) in [6.45, 7) is 2.08. The Labute approximate surface area is 83.7 Å². The standard InChI is InChI=1S/C10H16N2O2/c1-11-5-6-12(2)10(11)9-4-3-8(7-13)14-9/h3-4,10,13H,5-7H2,1-2H3. The predicted molar refractivity (Wildman–Crippen MR) is 52.6 cm³/mol. The summed E-state index contributed by atoms with van der Waals surface area (Å²) in [5.74, 6) is 1.55. The zero-order valence-electron chi connectivity index (χ0n) is 8.60. The molecule has 0 bridgehead atoms. The summed E-state index contributed by atoms with van der Waals surface area (Å²) in [6.07, 6.45) is 0.218. The third-order valence-electron chi connectivity index (χ3n) is 2.73. The third kappa shape index (κ3) is 1.56. The van der Waals surface area contributed by atoms with Crippen LogP contribution < -0.4 is 0 Å². The summed E-state index contributed by atoms with van der Waals surface area (Å²) in [6, 6.07) is 3.77. The zero-order chi connectivity index (χ0) is 10.1. The number of likely N-dealkylation sites (N-methyl/N-ethyl adjacent to an activating group) is 2. The molecule has 1 aliphatic rings. The van der Waals surface area contributed by atoms with E-state index in [0.29, 0.717) is 5.76 Å². The maximum absolute atomic E-state index is 8.90. The van der Waals surface area contributed by atoms with Crippen molar-refractivity contribution in [2.75, 3.05) is 27.2 Å². The lowest BCUT2D eigenvalue weighted by Crippen LogP contribution is -2.25. The Morgan fingerprint density at radius 2 is 2.00 bits per heavy atom. The van der Waals surface area contributed by atoms with E-state index in [-0.39, 0.29) is 12.8 Å². The van der Waals surface area contributed by atoms with Gasteiger partial charge in [-0.1, -0.05) is 0 Å². The number of hydrogen-bond acceptors (Lipinski definition) is 4. The molecule has 0 spiro atoms. The van der Waals surface area contributed by atoms with Crippen LogP contribution in [-0.4, -0.2) is 42.1 Å². The van der Waals surface area contributed by atoms with Crippen LogP contribution >= 0.6 is 0 Å². The molecule has 0 amide bonds. The fourth-order valence-electron chi connectivity index (χ4n) is 1.95. The first-order chi connectivity index (χ1) is 6.72. The van der Waals surface area contributed by atoms with Gasteiger partial charge in [0.05, 0.1) is 0 Å². The molecular weight excluding hydrogens is 180 g/mol. The van der Waals surface area contributed by atoms with E-state index in [1.54, 1.807) is 0 Å².